The molecular formula is C14H25NO2S. The first-order valence-electron chi connectivity index (χ1n) is 7.06. The van der Waals surface area contributed by atoms with Crippen LogP contribution in [-0.4, -0.2) is 34.3 Å². The van der Waals surface area contributed by atoms with Gasteiger partial charge in [-0.15, -0.1) is 11.8 Å². The maximum Gasteiger partial charge on any atom is 0.242 e. The van der Waals surface area contributed by atoms with Crippen molar-refractivity contribution in [2.45, 2.75) is 69.3 Å². The van der Waals surface area contributed by atoms with Crippen LogP contribution in [0.2, 0.25) is 0 Å². The Kier molecular flexibility index (Phi) is 6.76. The molecule has 0 spiro atoms. The molecule has 3 nitrogen and oxygen atoms in total. The van der Waals surface area contributed by atoms with Gasteiger partial charge in [0.2, 0.25) is 11.8 Å². The van der Waals surface area contributed by atoms with E-state index in [4.69, 9.17) is 0 Å². The number of amides is 2. The molecule has 0 aliphatic carbocycles. The van der Waals surface area contributed by atoms with E-state index in [0.717, 1.165) is 12.8 Å². The molecule has 0 bridgehead atoms. The Morgan fingerprint density at radius 3 is 2.44 bits per heavy atom. The van der Waals surface area contributed by atoms with Crippen molar-refractivity contribution >= 4 is 23.6 Å². The summed E-state index contributed by atoms with van der Waals surface area (Å²) in [5.41, 5.74) is 0. The summed E-state index contributed by atoms with van der Waals surface area (Å²) in [7, 11) is 1.59. The van der Waals surface area contributed by atoms with Crippen molar-refractivity contribution in [2.75, 3.05) is 7.05 Å². The predicted molar refractivity (Wildman–Crippen MR) is 76.6 cm³/mol. The molecule has 18 heavy (non-hydrogen) atoms. The summed E-state index contributed by atoms with van der Waals surface area (Å²) in [6.45, 7) is 4.39. The van der Waals surface area contributed by atoms with Gasteiger partial charge in [0, 0.05) is 18.7 Å². The largest absolute Gasteiger partial charge is 0.285 e. The van der Waals surface area contributed by atoms with E-state index < -0.39 is 0 Å². The van der Waals surface area contributed by atoms with Crippen LogP contribution in [-0.2, 0) is 9.59 Å². The second kappa shape index (κ2) is 7.82. The first-order valence-corrected chi connectivity index (χ1v) is 8.00. The fourth-order valence-electron chi connectivity index (χ4n) is 2.28. The molecule has 0 saturated carbocycles. The molecular weight excluding hydrogens is 246 g/mol. The Labute approximate surface area is 115 Å². The molecule has 0 aromatic heterocycles. The number of hydrogen-bond donors (Lipinski definition) is 0. The zero-order valence-electron chi connectivity index (χ0n) is 11.8. The topological polar surface area (TPSA) is 37.4 Å². The molecule has 1 aliphatic rings. The highest BCUT2D eigenvalue weighted by Gasteiger charge is 2.37. The van der Waals surface area contributed by atoms with Gasteiger partial charge in [0.05, 0.1) is 5.25 Å². The van der Waals surface area contributed by atoms with E-state index in [0.29, 0.717) is 11.7 Å². The molecule has 4 heteroatoms. The van der Waals surface area contributed by atoms with Crippen molar-refractivity contribution in [2.24, 2.45) is 0 Å². The lowest BCUT2D eigenvalue weighted by atomic mass is 10.1. The van der Waals surface area contributed by atoms with Crippen molar-refractivity contribution in [3.63, 3.8) is 0 Å². The van der Waals surface area contributed by atoms with Crippen LogP contribution in [0, 0.1) is 0 Å². The van der Waals surface area contributed by atoms with E-state index in [1.807, 2.05) is 0 Å². The molecule has 1 heterocycles. The summed E-state index contributed by atoms with van der Waals surface area (Å²) in [5, 5.41) is 0.412. The van der Waals surface area contributed by atoms with Crippen LogP contribution in [0.4, 0.5) is 0 Å². The summed E-state index contributed by atoms with van der Waals surface area (Å²) in [4.78, 5) is 24.6. The zero-order valence-corrected chi connectivity index (χ0v) is 12.6. The first kappa shape index (κ1) is 15.5. The number of thioether (sulfide) groups is 1. The van der Waals surface area contributed by atoms with Crippen molar-refractivity contribution in [1.29, 1.82) is 0 Å². The number of nitrogens with zero attached hydrogens (tertiary/aromatic N) is 1. The summed E-state index contributed by atoms with van der Waals surface area (Å²) < 4.78 is 0. The Balaban J connectivity index is 2.45. The molecule has 2 amide bonds. The fourth-order valence-corrected chi connectivity index (χ4v) is 3.94. The van der Waals surface area contributed by atoms with Crippen LogP contribution in [0.5, 0.6) is 0 Å². The quantitative estimate of drug-likeness (QED) is 0.502. The highest BCUT2D eigenvalue weighted by atomic mass is 32.2. The third kappa shape index (κ3) is 4.30. The van der Waals surface area contributed by atoms with E-state index in [1.54, 1.807) is 18.8 Å². The van der Waals surface area contributed by atoms with Crippen LogP contribution >= 0.6 is 11.8 Å². The lowest BCUT2D eigenvalue weighted by molar-refractivity contribution is -0.136. The minimum Gasteiger partial charge on any atom is -0.285 e. The van der Waals surface area contributed by atoms with E-state index in [2.05, 4.69) is 13.8 Å². The van der Waals surface area contributed by atoms with Crippen molar-refractivity contribution in [3.8, 4) is 0 Å². The van der Waals surface area contributed by atoms with Gasteiger partial charge in [-0.2, -0.15) is 0 Å². The Bertz CT molecular complexity index is 294. The maximum atomic E-state index is 11.9. The normalized spacial score (nSPS) is 21.7. The number of carbonyl (C=O) groups is 2. The van der Waals surface area contributed by atoms with E-state index >= 15 is 0 Å². The first-order chi connectivity index (χ1) is 8.60. The standard InChI is InChI=1S/C14H25NO2S/c1-4-6-7-9-11(8-5-2)18-12-10-13(16)15(3)14(12)17/h11-12H,4-10H2,1-3H3. The number of rotatable bonds is 8. The monoisotopic (exact) mass is 271 g/mol. The van der Waals surface area contributed by atoms with Gasteiger partial charge in [0.15, 0.2) is 0 Å². The second-order valence-electron chi connectivity index (χ2n) is 5.03. The van der Waals surface area contributed by atoms with Crippen molar-refractivity contribution < 1.29 is 9.59 Å². The van der Waals surface area contributed by atoms with Crippen LogP contribution in [0.1, 0.15) is 58.8 Å². The number of unbranched alkanes of at least 4 members (excludes halogenated alkanes) is 2. The van der Waals surface area contributed by atoms with Crippen LogP contribution in [0.25, 0.3) is 0 Å². The van der Waals surface area contributed by atoms with Gasteiger partial charge in [-0.05, 0) is 12.8 Å². The number of carbonyl (C=O) groups excluding carboxylic acids is 2. The zero-order chi connectivity index (χ0) is 13.5. The predicted octanol–water partition coefficient (Wildman–Crippen LogP) is 3.23. The number of imide groups is 1. The van der Waals surface area contributed by atoms with Crippen LogP contribution in [0.3, 0.4) is 0 Å². The van der Waals surface area contributed by atoms with Gasteiger partial charge in [0.25, 0.3) is 0 Å². The summed E-state index contributed by atoms with van der Waals surface area (Å²) in [6, 6.07) is 0. The minimum absolute atomic E-state index is 0.00148. The highest BCUT2D eigenvalue weighted by Crippen LogP contribution is 2.32. The van der Waals surface area contributed by atoms with Crippen molar-refractivity contribution in [1.82, 2.24) is 4.90 Å². The molecule has 1 aliphatic heterocycles. The molecule has 1 rings (SSSR count). The summed E-state index contributed by atoms with van der Waals surface area (Å²) in [5.74, 6) is -0.0251. The lowest BCUT2D eigenvalue weighted by Crippen LogP contribution is -2.27. The molecule has 0 aromatic carbocycles. The lowest BCUT2D eigenvalue weighted by Gasteiger charge is -2.18. The third-order valence-electron chi connectivity index (χ3n) is 3.44. The van der Waals surface area contributed by atoms with Gasteiger partial charge >= 0.3 is 0 Å². The second-order valence-corrected chi connectivity index (χ2v) is 6.53. The van der Waals surface area contributed by atoms with Crippen molar-refractivity contribution in [3.05, 3.63) is 0 Å². The SMILES string of the molecule is CCCCCC(CCC)SC1CC(=O)N(C)C1=O. The Hall–Kier alpha value is -0.510. The third-order valence-corrected chi connectivity index (χ3v) is 4.99. The average Bonchev–Trinajstić information content (AvgIpc) is 2.58. The van der Waals surface area contributed by atoms with Gasteiger partial charge in [-0.3, -0.25) is 14.5 Å². The van der Waals surface area contributed by atoms with E-state index in [-0.39, 0.29) is 17.1 Å². The van der Waals surface area contributed by atoms with Gasteiger partial charge in [-0.1, -0.05) is 39.5 Å². The molecule has 0 N–H and O–H groups in total. The number of likely N-dealkylation sites (tertiary alicyclic amines) is 1. The fraction of sp³-hybridized carbons (Fsp3) is 0.857. The van der Waals surface area contributed by atoms with E-state index in [9.17, 15) is 9.59 Å². The smallest absolute Gasteiger partial charge is 0.242 e. The molecule has 0 radical (unpaired) electrons. The minimum atomic E-state index is -0.124. The highest BCUT2D eigenvalue weighted by molar-refractivity contribution is 8.01. The van der Waals surface area contributed by atoms with Gasteiger partial charge in [0.1, 0.15) is 0 Å². The van der Waals surface area contributed by atoms with Crippen LogP contribution in [0.15, 0.2) is 0 Å². The Morgan fingerprint density at radius 1 is 1.22 bits per heavy atom. The Morgan fingerprint density at radius 2 is 1.94 bits per heavy atom. The number of hydrogen-bond acceptors (Lipinski definition) is 3. The molecule has 1 fully saturated rings. The van der Waals surface area contributed by atoms with E-state index in [1.165, 1.54) is 30.6 Å². The molecule has 0 aromatic rings. The molecule has 1 saturated heterocycles. The molecule has 2 unspecified atom stereocenters. The van der Waals surface area contributed by atoms with Crippen LogP contribution < -0.4 is 0 Å². The molecule has 2 atom stereocenters. The summed E-state index contributed by atoms with van der Waals surface area (Å²) >= 11 is 1.73. The van der Waals surface area contributed by atoms with Gasteiger partial charge in [-0.25, -0.2) is 0 Å². The summed E-state index contributed by atoms with van der Waals surface area (Å²) in [6.07, 6.45) is 7.59. The molecule has 104 valence electrons. The maximum absolute atomic E-state index is 11.9. The van der Waals surface area contributed by atoms with Gasteiger partial charge < -0.3 is 0 Å². The average molecular weight is 271 g/mol.